The normalized spacial score (nSPS) is 26.2. The highest BCUT2D eigenvalue weighted by atomic mass is 16.3. The van der Waals surface area contributed by atoms with Crippen LogP contribution in [-0.4, -0.2) is 29.3 Å². The van der Waals surface area contributed by atoms with Gasteiger partial charge in [0.05, 0.1) is 30.2 Å². The van der Waals surface area contributed by atoms with Gasteiger partial charge in [-0.15, -0.1) is 0 Å². The Bertz CT molecular complexity index is 363. The van der Waals surface area contributed by atoms with E-state index in [2.05, 4.69) is 16.8 Å². The van der Waals surface area contributed by atoms with Gasteiger partial charge in [0.25, 0.3) is 0 Å². The second-order valence-electron chi connectivity index (χ2n) is 4.94. The van der Waals surface area contributed by atoms with Gasteiger partial charge in [-0.25, -0.2) is 0 Å². The first-order chi connectivity index (χ1) is 8.13. The van der Waals surface area contributed by atoms with Crippen LogP contribution in [-0.2, 0) is 0 Å². The lowest BCUT2D eigenvalue weighted by atomic mass is 10.0. The SMILES string of the molecule is CC(N)c1ccc(N2CCC(C)C2CO)cn1. The van der Waals surface area contributed by atoms with Crippen LogP contribution in [0.2, 0.25) is 0 Å². The number of hydrogen-bond acceptors (Lipinski definition) is 4. The number of rotatable bonds is 3. The van der Waals surface area contributed by atoms with Crippen LogP contribution in [0.25, 0.3) is 0 Å². The zero-order chi connectivity index (χ0) is 12.4. The summed E-state index contributed by atoms with van der Waals surface area (Å²) in [5.74, 6) is 0.535. The van der Waals surface area contributed by atoms with Gasteiger partial charge in [-0.2, -0.15) is 0 Å². The van der Waals surface area contributed by atoms with E-state index in [4.69, 9.17) is 5.73 Å². The molecule has 0 bridgehead atoms. The molecule has 0 radical (unpaired) electrons. The fraction of sp³-hybridized carbons (Fsp3) is 0.615. The average molecular weight is 235 g/mol. The van der Waals surface area contributed by atoms with Gasteiger partial charge in [0.1, 0.15) is 0 Å². The molecule has 1 aliphatic heterocycles. The van der Waals surface area contributed by atoms with E-state index in [-0.39, 0.29) is 18.7 Å². The topological polar surface area (TPSA) is 62.4 Å². The fourth-order valence-electron chi connectivity index (χ4n) is 2.44. The van der Waals surface area contributed by atoms with E-state index < -0.39 is 0 Å². The minimum absolute atomic E-state index is 0.0322. The highest BCUT2D eigenvalue weighted by Crippen LogP contribution is 2.29. The Morgan fingerprint density at radius 2 is 2.35 bits per heavy atom. The summed E-state index contributed by atoms with van der Waals surface area (Å²) in [6.07, 6.45) is 2.99. The predicted molar refractivity (Wildman–Crippen MR) is 68.8 cm³/mol. The van der Waals surface area contributed by atoms with Gasteiger partial charge in [-0.3, -0.25) is 4.98 Å². The van der Waals surface area contributed by atoms with Crippen LogP contribution in [0, 0.1) is 5.92 Å². The summed E-state index contributed by atoms with van der Waals surface area (Å²) >= 11 is 0. The summed E-state index contributed by atoms with van der Waals surface area (Å²) in [6.45, 7) is 5.31. The third kappa shape index (κ3) is 2.42. The van der Waals surface area contributed by atoms with Crippen molar-refractivity contribution in [2.24, 2.45) is 11.7 Å². The monoisotopic (exact) mass is 235 g/mol. The average Bonchev–Trinajstić information content (AvgIpc) is 2.70. The third-order valence-electron chi connectivity index (χ3n) is 3.64. The van der Waals surface area contributed by atoms with E-state index in [1.807, 2.05) is 25.3 Å². The van der Waals surface area contributed by atoms with Crippen LogP contribution in [0.5, 0.6) is 0 Å². The summed E-state index contributed by atoms with van der Waals surface area (Å²) in [7, 11) is 0. The highest BCUT2D eigenvalue weighted by molar-refractivity contribution is 5.47. The molecule has 3 unspecified atom stereocenters. The van der Waals surface area contributed by atoms with Crippen molar-refractivity contribution in [1.29, 1.82) is 0 Å². The van der Waals surface area contributed by atoms with E-state index in [1.165, 1.54) is 0 Å². The Kier molecular flexibility index (Phi) is 3.64. The lowest BCUT2D eigenvalue weighted by molar-refractivity contribution is 0.244. The summed E-state index contributed by atoms with van der Waals surface area (Å²) in [5.41, 5.74) is 7.76. The first-order valence-electron chi connectivity index (χ1n) is 6.22. The maximum Gasteiger partial charge on any atom is 0.0637 e. The third-order valence-corrected chi connectivity index (χ3v) is 3.64. The molecule has 1 fully saturated rings. The van der Waals surface area contributed by atoms with E-state index in [1.54, 1.807) is 0 Å². The van der Waals surface area contributed by atoms with Gasteiger partial charge < -0.3 is 15.7 Å². The number of nitrogens with two attached hydrogens (primary N) is 1. The number of hydrogen-bond donors (Lipinski definition) is 2. The summed E-state index contributed by atoms with van der Waals surface area (Å²) in [6, 6.07) is 4.21. The van der Waals surface area contributed by atoms with Gasteiger partial charge in [-0.05, 0) is 31.4 Å². The van der Waals surface area contributed by atoms with Gasteiger partial charge >= 0.3 is 0 Å². The lowest BCUT2D eigenvalue weighted by Gasteiger charge is -2.27. The number of anilines is 1. The van der Waals surface area contributed by atoms with Crippen molar-refractivity contribution < 1.29 is 5.11 Å². The molecule has 2 heterocycles. The fourth-order valence-corrected chi connectivity index (χ4v) is 2.44. The van der Waals surface area contributed by atoms with Gasteiger partial charge in [0.15, 0.2) is 0 Å². The van der Waals surface area contributed by atoms with Crippen molar-refractivity contribution in [3.63, 3.8) is 0 Å². The molecule has 3 atom stereocenters. The Morgan fingerprint density at radius 1 is 1.59 bits per heavy atom. The van der Waals surface area contributed by atoms with Crippen molar-refractivity contribution in [1.82, 2.24) is 4.98 Å². The van der Waals surface area contributed by atoms with E-state index in [0.717, 1.165) is 24.3 Å². The minimum Gasteiger partial charge on any atom is -0.394 e. The molecular weight excluding hydrogens is 214 g/mol. The van der Waals surface area contributed by atoms with Crippen LogP contribution < -0.4 is 10.6 Å². The van der Waals surface area contributed by atoms with Crippen LogP contribution >= 0.6 is 0 Å². The smallest absolute Gasteiger partial charge is 0.0637 e. The van der Waals surface area contributed by atoms with Crippen LogP contribution in [0.3, 0.4) is 0 Å². The van der Waals surface area contributed by atoms with Crippen molar-refractivity contribution in [3.05, 3.63) is 24.0 Å². The van der Waals surface area contributed by atoms with Crippen LogP contribution in [0.1, 0.15) is 32.0 Å². The molecular formula is C13H21N3O. The zero-order valence-electron chi connectivity index (χ0n) is 10.5. The summed E-state index contributed by atoms with van der Waals surface area (Å²) in [5, 5.41) is 9.43. The Hall–Kier alpha value is -1.13. The molecule has 3 N–H and O–H groups in total. The molecule has 1 aromatic rings. The van der Waals surface area contributed by atoms with Gasteiger partial charge in [0, 0.05) is 12.6 Å². The van der Waals surface area contributed by atoms with Crippen molar-refractivity contribution in [2.75, 3.05) is 18.1 Å². The van der Waals surface area contributed by atoms with Crippen molar-refractivity contribution in [2.45, 2.75) is 32.4 Å². The quantitative estimate of drug-likeness (QED) is 0.829. The first kappa shape index (κ1) is 12.3. The number of aliphatic hydroxyl groups is 1. The van der Waals surface area contributed by atoms with Gasteiger partial charge in [-0.1, -0.05) is 6.92 Å². The Morgan fingerprint density at radius 3 is 2.88 bits per heavy atom. The molecule has 1 aliphatic rings. The molecule has 0 spiro atoms. The number of aliphatic hydroxyl groups excluding tert-OH is 1. The van der Waals surface area contributed by atoms with E-state index >= 15 is 0 Å². The minimum atomic E-state index is -0.0322. The Balaban J connectivity index is 2.17. The molecule has 0 amide bonds. The molecule has 94 valence electrons. The molecule has 4 nitrogen and oxygen atoms in total. The van der Waals surface area contributed by atoms with E-state index in [0.29, 0.717) is 5.92 Å². The predicted octanol–water partition coefficient (Wildman–Crippen LogP) is 1.31. The molecule has 1 saturated heterocycles. The van der Waals surface area contributed by atoms with Crippen LogP contribution in [0.15, 0.2) is 18.3 Å². The van der Waals surface area contributed by atoms with E-state index in [9.17, 15) is 5.11 Å². The molecule has 1 aromatic heterocycles. The van der Waals surface area contributed by atoms with Crippen LogP contribution in [0.4, 0.5) is 5.69 Å². The molecule has 0 saturated carbocycles. The molecule has 4 heteroatoms. The molecule has 17 heavy (non-hydrogen) atoms. The summed E-state index contributed by atoms with van der Waals surface area (Å²) < 4.78 is 0. The molecule has 2 rings (SSSR count). The number of nitrogens with zero attached hydrogens (tertiary/aromatic N) is 2. The standard InChI is InChI=1S/C13H21N3O/c1-9-5-6-16(13(9)8-17)11-3-4-12(10(2)14)15-7-11/h3-4,7,9-10,13,17H,5-6,8,14H2,1-2H3. The zero-order valence-corrected chi connectivity index (χ0v) is 10.5. The Labute approximate surface area is 102 Å². The molecule has 0 aromatic carbocycles. The summed E-state index contributed by atoms with van der Waals surface area (Å²) in [4.78, 5) is 6.61. The highest BCUT2D eigenvalue weighted by Gasteiger charge is 2.30. The molecule has 0 aliphatic carbocycles. The lowest BCUT2D eigenvalue weighted by Crippen LogP contribution is -2.35. The van der Waals surface area contributed by atoms with Gasteiger partial charge in [0.2, 0.25) is 0 Å². The maximum atomic E-state index is 9.43. The second-order valence-corrected chi connectivity index (χ2v) is 4.94. The number of pyridine rings is 1. The second kappa shape index (κ2) is 5.02. The maximum absolute atomic E-state index is 9.43. The first-order valence-corrected chi connectivity index (χ1v) is 6.22. The van der Waals surface area contributed by atoms with Crippen molar-refractivity contribution >= 4 is 5.69 Å². The number of aromatic nitrogens is 1. The van der Waals surface area contributed by atoms with Crippen molar-refractivity contribution in [3.8, 4) is 0 Å². The largest absolute Gasteiger partial charge is 0.394 e.